The van der Waals surface area contributed by atoms with Gasteiger partial charge in [-0.05, 0) is 44.2 Å². The smallest absolute Gasteiger partial charge is 0.340 e. The summed E-state index contributed by atoms with van der Waals surface area (Å²) in [4.78, 5) is 42.8. The zero-order valence-corrected chi connectivity index (χ0v) is 14.9. The Balaban J connectivity index is 1.59. The Morgan fingerprint density at radius 2 is 1.67 bits per heavy atom. The van der Waals surface area contributed by atoms with Crippen LogP contribution in [0.5, 0.6) is 0 Å². The van der Waals surface area contributed by atoms with Crippen molar-refractivity contribution in [3.05, 3.63) is 76.5 Å². The first-order valence-electron chi connectivity index (χ1n) is 8.46. The molecule has 0 N–H and O–H groups in total. The maximum atomic E-state index is 12.7. The summed E-state index contributed by atoms with van der Waals surface area (Å²) in [5.41, 5.74) is 3.35. The topological polar surface area (TPSA) is 76.6 Å². The molecule has 0 atom stereocenters. The van der Waals surface area contributed by atoms with Crippen molar-refractivity contribution in [2.45, 2.75) is 13.8 Å². The second-order valence-corrected chi connectivity index (χ2v) is 6.48. The third-order valence-electron chi connectivity index (χ3n) is 4.52. The molecular formula is C21H16N2O4. The molecule has 27 heavy (non-hydrogen) atoms. The molecule has 4 rings (SSSR count). The number of esters is 1. The number of nitrogens with zero attached hydrogens (tertiary/aromatic N) is 2. The fourth-order valence-electron chi connectivity index (χ4n) is 3.20. The number of rotatable bonds is 3. The summed E-state index contributed by atoms with van der Waals surface area (Å²) in [6, 6.07) is 13.8. The number of hydrogen-bond donors (Lipinski definition) is 0. The van der Waals surface area contributed by atoms with Gasteiger partial charge in [0.1, 0.15) is 0 Å². The summed E-state index contributed by atoms with van der Waals surface area (Å²) in [5, 5.41) is 0.674. The highest BCUT2D eigenvalue weighted by Crippen LogP contribution is 2.24. The first-order chi connectivity index (χ1) is 13.0. The number of aromatic nitrogens is 1. The van der Waals surface area contributed by atoms with Crippen molar-refractivity contribution in [1.29, 1.82) is 0 Å². The van der Waals surface area contributed by atoms with E-state index in [1.165, 1.54) is 0 Å². The van der Waals surface area contributed by atoms with Gasteiger partial charge < -0.3 is 4.74 Å². The Labute approximate surface area is 155 Å². The van der Waals surface area contributed by atoms with Crippen LogP contribution >= 0.6 is 0 Å². The van der Waals surface area contributed by atoms with Gasteiger partial charge in [0.05, 0.1) is 22.2 Å². The molecule has 2 amide bonds. The van der Waals surface area contributed by atoms with E-state index in [1.54, 1.807) is 37.3 Å². The molecule has 0 fully saturated rings. The van der Waals surface area contributed by atoms with Crippen LogP contribution in [0.25, 0.3) is 10.9 Å². The van der Waals surface area contributed by atoms with Gasteiger partial charge in [-0.3, -0.25) is 14.6 Å². The second kappa shape index (κ2) is 6.32. The Kier molecular flexibility index (Phi) is 3.96. The van der Waals surface area contributed by atoms with Crippen molar-refractivity contribution in [2.24, 2.45) is 0 Å². The van der Waals surface area contributed by atoms with Crippen LogP contribution in [0.1, 0.15) is 42.3 Å². The first-order valence-corrected chi connectivity index (χ1v) is 8.46. The molecule has 0 saturated heterocycles. The highest BCUT2D eigenvalue weighted by atomic mass is 16.5. The van der Waals surface area contributed by atoms with E-state index in [2.05, 4.69) is 4.98 Å². The molecule has 0 bridgehead atoms. The van der Waals surface area contributed by atoms with E-state index < -0.39 is 24.5 Å². The molecule has 2 aromatic carbocycles. The van der Waals surface area contributed by atoms with E-state index in [1.807, 2.05) is 25.1 Å². The summed E-state index contributed by atoms with van der Waals surface area (Å²) < 4.78 is 5.30. The van der Waals surface area contributed by atoms with Crippen molar-refractivity contribution in [2.75, 3.05) is 6.73 Å². The van der Waals surface area contributed by atoms with Gasteiger partial charge in [-0.25, -0.2) is 9.69 Å². The third kappa shape index (κ3) is 2.85. The van der Waals surface area contributed by atoms with Crippen LogP contribution in [-0.2, 0) is 4.74 Å². The van der Waals surface area contributed by atoms with Crippen molar-refractivity contribution < 1.29 is 19.1 Å². The number of hydrogen-bond acceptors (Lipinski definition) is 5. The third-order valence-corrected chi connectivity index (χ3v) is 4.52. The molecule has 0 unspecified atom stereocenters. The quantitative estimate of drug-likeness (QED) is 0.529. The lowest BCUT2D eigenvalue weighted by Crippen LogP contribution is -2.33. The summed E-state index contributed by atoms with van der Waals surface area (Å²) in [7, 11) is 0. The predicted octanol–water partition coefficient (Wildman–Crippen LogP) is 3.26. The summed E-state index contributed by atoms with van der Waals surface area (Å²) in [6.45, 7) is 3.29. The van der Waals surface area contributed by atoms with Gasteiger partial charge in [-0.15, -0.1) is 0 Å². The van der Waals surface area contributed by atoms with Crippen molar-refractivity contribution in [3.63, 3.8) is 0 Å². The van der Waals surface area contributed by atoms with Crippen LogP contribution in [0.3, 0.4) is 0 Å². The van der Waals surface area contributed by atoms with E-state index in [4.69, 9.17) is 4.74 Å². The largest absolute Gasteiger partial charge is 0.440 e. The minimum atomic E-state index is -0.604. The SMILES string of the molecule is Cc1ccc2nc(C)cc(C(=O)OCN3C(=O)c4ccccc4C3=O)c2c1. The maximum absolute atomic E-state index is 12.7. The molecule has 0 spiro atoms. The number of amides is 2. The average molecular weight is 360 g/mol. The normalized spacial score (nSPS) is 13.2. The highest BCUT2D eigenvalue weighted by molar-refractivity contribution is 6.21. The number of carbonyl (C=O) groups excluding carboxylic acids is 3. The molecular weight excluding hydrogens is 344 g/mol. The summed E-state index contributed by atoms with van der Waals surface area (Å²) in [6.07, 6.45) is 0. The molecule has 0 saturated carbocycles. The van der Waals surface area contributed by atoms with E-state index in [0.717, 1.165) is 10.5 Å². The number of aryl methyl sites for hydroxylation is 2. The first kappa shape index (κ1) is 16.9. The molecule has 0 aliphatic carbocycles. The van der Waals surface area contributed by atoms with Crippen molar-refractivity contribution in [1.82, 2.24) is 9.88 Å². The number of benzene rings is 2. The van der Waals surface area contributed by atoms with E-state index in [0.29, 0.717) is 33.3 Å². The van der Waals surface area contributed by atoms with Gasteiger partial charge >= 0.3 is 5.97 Å². The number of fused-ring (bicyclic) bond motifs is 2. The van der Waals surface area contributed by atoms with Crippen molar-refractivity contribution in [3.8, 4) is 0 Å². The van der Waals surface area contributed by atoms with Crippen LogP contribution in [-0.4, -0.2) is 34.4 Å². The van der Waals surface area contributed by atoms with Crippen LogP contribution in [0.4, 0.5) is 0 Å². The van der Waals surface area contributed by atoms with Gasteiger partial charge in [-0.2, -0.15) is 0 Å². The minimum absolute atomic E-state index is 0.319. The predicted molar refractivity (Wildman–Crippen MR) is 98.4 cm³/mol. The average Bonchev–Trinajstić information content (AvgIpc) is 2.90. The Morgan fingerprint density at radius 1 is 1.00 bits per heavy atom. The Morgan fingerprint density at radius 3 is 2.33 bits per heavy atom. The molecule has 1 aromatic heterocycles. The van der Waals surface area contributed by atoms with Gasteiger partial charge in [0.25, 0.3) is 11.8 Å². The number of ether oxygens (including phenoxy) is 1. The lowest BCUT2D eigenvalue weighted by Gasteiger charge is -2.15. The van der Waals surface area contributed by atoms with Crippen LogP contribution < -0.4 is 0 Å². The molecule has 0 radical (unpaired) electrons. The van der Waals surface area contributed by atoms with Gasteiger partial charge in [-0.1, -0.05) is 23.8 Å². The van der Waals surface area contributed by atoms with Crippen LogP contribution in [0.15, 0.2) is 48.5 Å². The molecule has 1 aliphatic heterocycles. The number of imide groups is 1. The van der Waals surface area contributed by atoms with Gasteiger partial charge in [0.2, 0.25) is 0 Å². The van der Waals surface area contributed by atoms with Crippen molar-refractivity contribution >= 4 is 28.7 Å². The summed E-state index contributed by atoms with van der Waals surface area (Å²) >= 11 is 0. The van der Waals surface area contributed by atoms with Gasteiger partial charge in [0, 0.05) is 11.1 Å². The Bertz CT molecular complexity index is 1090. The zero-order valence-electron chi connectivity index (χ0n) is 14.9. The molecule has 3 aromatic rings. The molecule has 6 nitrogen and oxygen atoms in total. The number of pyridine rings is 1. The maximum Gasteiger partial charge on any atom is 0.340 e. The monoisotopic (exact) mass is 360 g/mol. The Hall–Kier alpha value is -3.54. The van der Waals surface area contributed by atoms with E-state index in [9.17, 15) is 14.4 Å². The summed E-state index contributed by atoms with van der Waals surface area (Å²) in [5.74, 6) is -1.53. The van der Waals surface area contributed by atoms with Crippen LogP contribution in [0, 0.1) is 13.8 Å². The molecule has 1 aliphatic rings. The minimum Gasteiger partial charge on any atom is -0.440 e. The van der Waals surface area contributed by atoms with E-state index >= 15 is 0 Å². The molecule has 2 heterocycles. The lowest BCUT2D eigenvalue weighted by atomic mass is 10.1. The van der Waals surface area contributed by atoms with Crippen LogP contribution in [0.2, 0.25) is 0 Å². The zero-order chi connectivity index (χ0) is 19.1. The van der Waals surface area contributed by atoms with Gasteiger partial charge in [0.15, 0.2) is 6.73 Å². The lowest BCUT2D eigenvalue weighted by molar-refractivity contribution is 0.0229. The highest BCUT2D eigenvalue weighted by Gasteiger charge is 2.35. The number of carbonyl (C=O) groups is 3. The standard InChI is InChI=1S/C21H16N2O4/c1-12-7-8-18-16(9-12)17(10-13(2)22-18)21(26)27-11-23-19(24)14-5-3-4-6-15(14)20(23)25/h3-10H,11H2,1-2H3. The van der Waals surface area contributed by atoms with E-state index in [-0.39, 0.29) is 0 Å². The molecule has 134 valence electrons. The fourth-order valence-corrected chi connectivity index (χ4v) is 3.20. The fraction of sp³-hybridized carbons (Fsp3) is 0.143. The second-order valence-electron chi connectivity index (χ2n) is 6.48. The molecule has 6 heteroatoms.